The first-order valence-corrected chi connectivity index (χ1v) is 4.75. The van der Waals surface area contributed by atoms with E-state index in [0.29, 0.717) is 11.7 Å². The lowest BCUT2D eigenvalue weighted by molar-refractivity contribution is 1.04. The summed E-state index contributed by atoms with van der Waals surface area (Å²) >= 11 is 5.92. The molecule has 0 radical (unpaired) electrons. The Morgan fingerprint density at radius 3 is 2.86 bits per heavy atom. The Hall–Kier alpha value is -1.12. The molecule has 0 aliphatic rings. The van der Waals surface area contributed by atoms with Crippen LogP contribution in [0.15, 0.2) is 18.7 Å². The molecule has 0 saturated carbocycles. The molecule has 0 bridgehead atoms. The van der Waals surface area contributed by atoms with Crippen LogP contribution in [0.2, 0.25) is 5.15 Å². The van der Waals surface area contributed by atoms with E-state index in [2.05, 4.69) is 11.6 Å². The van der Waals surface area contributed by atoms with Gasteiger partial charge in [-0.3, -0.25) is 0 Å². The standard InChI is InChI=1S/C11H13ClN2/c1-3-5-8-6-9(7-13)11(12)14-10(8)4-2/h3-6H,2,7,13H2,1H3/b5-3-. The van der Waals surface area contributed by atoms with E-state index in [1.54, 1.807) is 6.08 Å². The first kappa shape index (κ1) is 11.0. The quantitative estimate of drug-likeness (QED) is 0.776. The second-order valence-electron chi connectivity index (χ2n) is 2.82. The maximum absolute atomic E-state index is 5.92. The zero-order valence-electron chi connectivity index (χ0n) is 8.13. The van der Waals surface area contributed by atoms with Crippen LogP contribution in [0.25, 0.3) is 12.2 Å². The van der Waals surface area contributed by atoms with E-state index >= 15 is 0 Å². The molecule has 0 spiro atoms. The summed E-state index contributed by atoms with van der Waals surface area (Å²) < 4.78 is 0. The lowest BCUT2D eigenvalue weighted by Gasteiger charge is -2.05. The summed E-state index contributed by atoms with van der Waals surface area (Å²) in [5.41, 5.74) is 8.16. The van der Waals surface area contributed by atoms with E-state index < -0.39 is 0 Å². The molecule has 0 fully saturated rings. The molecule has 1 rings (SSSR count). The summed E-state index contributed by atoms with van der Waals surface area (Å²) in [6.45, 7) is 6.03. The molecule has 1 aromatic rings. The third-order valence-corrected chi connectivity index (χ3v) is 2.20. The first-order chi connectivity index (χ1) is 6.72. The molecule has 0 aliphatic carbocycles. The Morgan fingerprint density at radius 1 is 1.64 bits per heavy atom. The van der Waals surface area contributed by atoms with Gasteiger partial charge in [-0.2, -0.15) is 0 Å². The summed E-state index contributed by atoms with van der Waals surface area (Å²) in [4.78, 5) is 4.20. The van der Waals surface area contributed by atoms with Gasteiger partial charge < -0.3 is 5.73 Å². The molecule has 1 heterocycles. The van der Waals surface area contributed by atoms with Gasteiger partial charge in [-0.05, 0) is 19.1 Å². The molecular weight excluding hydrogens is 196 g/mol. The molecule has 2 N–H and O–H groups in total. The zero-order chi connectivity index (χ0) is 10.6. The van der Waals surface area contributed by atoms with Gasteiger partial charge in [0.25, 0.3) is 0 Å². The largest absolute Gasteiger partial charge is 0.326 e. The van der Waals surface area contributed by atoms with Gasteiger partial charge in [0.2, 0.25) is 0 Å². The summed E-state index contributed by atoms with van der Waals surface area (Å²) in [5, 5.41) is 0.454. The van der Waals surface area contributed by atoms with Gasteiger partial charge in [-0.15, -0.1) is 0 Å². The van der Waals surface area contributed by atoms with E-state index in [0.717, 1.165) is 16.8 Å². The van der Waals surface area contributed by atoms with Crippen molar-refractivity contribution < 1.29 is 0 Å². The lowest BCUT2D eigenvalue weighted by atomic mass is 10.1. The van der Waals surface area contributed by atoms with Crippen molar-refractivity contribution >= 4 is 23.8 Å². The van der Waals surface area contributed by atoms with Crippen molar-refractivity contribution in [2.75, 3.05) is 0 Å². The van der Waals surface area contributed by atoms with Gasteiger partial charge in [-0.1, -0.05) is 30.3 Å². The number of pyridine rings is 1. The van der Waals surface area contributed by atoms with E-state index in [9.17, 15) is 0 Å². The van der Waals surface area contributed by atoms with Crippen molar-refractivity contribution in [1.82, 2.24) is 4.98 Å². The molecule has 0 atom stereocenters. The van der Waals surface area contributed by atoms with Gasteiger partial charge in [0, 0.05) is 17.7 Å². The Morgan fingerprint density at radius 2 is 2.36 bits per heavy atom. The minimum atomic E-state index is 0.397. The van der Waals surface area contributed by atoms with E-state index in [1.807, 2.05) is 25.1 Å². The highest BCUT2D eigenvalue weighted by molar-refractivity contribution is 6.30. The normalized spacial score (nSPS) is 10.8. The van der Waals surface area contributed by atoms with Gasteiger partial charge in [0.05, 0.1) is 5.69 Å². The highest BCUT2D eigenvalue weighted by Crippen LogP contribution is 2.19. The Kier molecular flexibility index (Phi) is 3.86. The van der Waals surface area contributed by atoms with Crippen LogP contribution in [0.5, 0.6) is 0 Å². The van der Waals surface area contributed by atoms with Gasteiger partial charge >= 0.3 is 0 Å². The fraction of sp³-hybridized carbons (Fsp3) is 0.182. The molecule has 14 heavy (non-hydrogen) atoms. The van der Waals surface area contributed by atoms with Crippen LogP contribution in [0, 0.1) is 0 Å². The minimum absolute atomic E-state index is 0.397. The monoisotopic (exact) mass is 208 g/mol. The number of aromatic nitrogens is 1. The molecule has 1 aromatic heterocycles. The summed E-state index contributed by atoms with van der Waals surface area (Å²) in [6, 6.07) is 1.94. The predicted octanol–water partition coefficient (Wildman–Crippen LogP) is 2.87. The lowest BCUT2D eigenvalue weighted by Crippen LogP contribution is -2.01. The molecule has 74 valence electrons. The maximum Gasteiger partial charge on any atom is 0.134 e. The third kappa shape index (κ3) is 2.22. The fourth-order valence-electron chi connectivity index (χ4n) is 1.18. The second kappa shape index (κ2) is 4.94. The Bertz CT molecular complexity index is 370. The summed E-state index contributed by atoms with van der Waals surface area (Å²) in [7, 11) is 0. The smallest absolute Gasteiger partial charge is 0.134 e. The molecule has 0 unspecified atom stereocenters. The minimum Gasteiger partial charge on any atom is -0.326 e. The third-order valence-electron chi connectivity index (χ3n) is 1.87. The number of hydrogen-bond donors (Lipinski definition) is 1. The predicted molar refractivity (Wildman–Crippen MR) is 61.9 cm³/mol. The highest BCUT2D eigenvalue weighted by atomic mass is 35.5. The van der Waals surface area contributed by atoms with Crippen molar-refractivity contribution in [3.63, 3.8) is 0 Å². The van der Waals surface area contributed by atoms with E-state index in [1.165, 1.54) is 0 Å². The second-order valence-corrected chi connectivity index (χ2v) is 3.18. The van der Waals surface area contributed by atoms with Crippen LogP contribution in [0.1, 0.15) is 23.7 Å². The van der Waals surface area contributed by atoms with Crippen molar-refractivity contribution in [1.29, 1.82) is 0 Å². The van der Waals surface area contributed by atoms with E-state index in [4.69, 9.17) is 17.3 Å². The molecule has 3 heteroatoms. The van der Waals surface area contributed by atoms with Crippen LogP contribution >= 0.6 is 11.6 Å². The van der Waals surface area contributed by atoms with Crippen molar-refractivity contribution in [2.24, 2.45) is 5.73 Å². The number of halogens is 1. The van der Waals surface area contributed by atoms with Crippen molar-refractivity contribution in [3.05, 3.63) is 40.7 Å². The Labute approximate surface area is 89.1 Å². The van der Waals surface area contributed by atoms with E-state index in [-0.39, 0.29) is 0 Å². The average Bonchev–Trinajstić information content (AvgIpc) is 2.20. The highest BCUT2D eigenvalue weighted by Gasteiger charge is 2.04. The topological polar surface area (TPSA) is 38.9 Å². The Balaban J connectivity index is 3.31. The van der Waals surface area contributed by atoms with Crippen LogP contribution in [-0.4, -0.2) is 4.98 Å². The summed E-state index contributed by atoms with van der Waals surface area (Å²) in [6.07, 6.45) is 5.58. The zero-order valence-corrected chi connectivity index (χ0v) is 8.88. The van der Waals surface area contributed by atoms with Gasteiger partial charge in [0.1, 0.15) is 5.15 Å². The molecule has 2 nitrogen and oxygen atoms in total. The number of allylic oxidation sites excluding steroid dienone is 1. The van der Waals surface area contributed by atoms with Gasteiger partial charge in [0.15, 0.2) is 0 Å². The van der Waals surface area contributed by atoms with Gasteiger partial charge in [-0.25, -0.2) is 4.98 Å². The number of rotatable bonds is 3. The van der Waals surface area contributed by atoms with Crippen LogP contribution in [0.4, 0.5) is 0 Å². The average molecular weight is 209 g/mol. The molecular formula is C11H13ClN2. The molecule has 0 amide bonds. The van der Waals surface area contributed by atoms with Crippen LogP contribution in [-0.2, 0) is 6.54 Å². The van der Waals surface area contributed by atoms with Crippen molar-refractivity contribution in [2.45, 2.75) is 13.5 Å². The number of hydrogen-bond acceptors (Lipinski definition) is 2. The molecule has 0 saturated heterocycles. The fourth-order valence-corrected chi connectivity index (χ4v) is 1.41. The SMILES string of the molecule is C=Cc1nc(Cl)c(CN)cc1/C=C\C. The summed E-state index contributed by atoms with van der Waals surface area (Å²) in [5.74, 6) is 0. The van der Waals surface area contributed by atoms with Crippen LogP contribution in [0.3, 0.4) is 0 Å². The number of nitrogens with two attached hydrogens (primary N) is 1. The van der Waals surface area contributed by atoms with Crippen LogP contribution < -0.4 is 5.73 Å². The van der Waals surface area contributed by atoms with Crippen molar-refractivity contribution in [3.8, 4) is 0 Å². The molecule has 0 aliphatic heterocycles. The maximum atomic E-state index is 5.92. The molecule has 0 aromatic carbocycles. The first-order valence-electron chi connectivity index (χ1n) is 4.37. The number of nitrogens with zero attached hydrogens (tertiary/aromatic N) is 1.